The van der Waals surface area contributed by atoms with Crippen LogP contribution in [0.15, 0.2) is 42.6 Å². The van der Waals surface area contributed by atoms with Crippen LogP contribution >= 0.6 is 0 Å². The molecular weight excluding hydrogens is 250 g/mol. The van der Waals surface area contributed by atoms with E-state index < -0.39 is 0 Å². The van der Waals surface area contributed by atoms with E-state index in [2.05, 4.69) is 34.6 Å². The van der Waals surface area contributed by atoms with Crippen LogP contribution in [0.5, 0.6) is 0 Å². The van der Waals surface area contributed by atoms with Crippen molar-refractivity contribution < 1.29 is 4.74 Å². The molecule has 0 aliphatic carbocycles. The summed E-state index contributed by atoms with van der Waals surface area (Å²) in [6.07, 6.45) is 1.81. The zero-order valence-electron chi connectivity index (χ0n) is 12.3. The van der Waals surface area contributed by atoms with Gasteiger partial charge in [-0.2, -0.15) is 0 Å². The molecule has 106 valence electrons. The zero-order valence-corrected chi connectivity index (χ0v) is 12.3. The topological polar surface area (TPSA) is 37.4 Å². The molecular formula is C16H21N3O. The lowest BCUT2D eigenvalue weighted by atomic mass is 10.1. The average Bonchev–Trinajstić information content (AvgIpc) is 2.46. The Hall–Kier alpha value is -2.07. The summed E-state index contributed by atoms with van der Waals surface area (Å²) in [7, 11) is 5.70. The van der Waals surface area contributed by atoms with Crippen LogP contribution < -0.4 is 10.2 Å². The first kappa shape index (κ1) is 14.3. The van der Waals surface area contributed by atoms with Crippen molar-refractivity contribution in [3.63, 3.8) is 0 Å². The number of benzene rings is 1. The second kappa shape index (κ2) is 6.91. The zero-order chi connectivity index (χ0) is 14.4. The van der Waals surface area contributed by atoms with E-state index >= 15 is 0 Å². The first-order chi connectivity index (χ1) is 9.70. The van der Waals surface area contributed by atoms with Crippen LogP contribution in [0.3, 0.4) is 0 Å². The highest BCUT2D eigenvalue weighted by Crippen LogP contribution is 2.21. The van der Waals surface area contributed by atoms with Gasteiger partial charge >= 0.3 is 0 Å². The number of methoxy groups -OCH3 is 1. The Morgan fingerprint density at radius 1 is 1.15 bits per heavy atom. The van der Waals surface area contributed by atoms with E-state index in [9.17, 15) is 0 Å². The predicted octanol–water partition coefficient (Wildman–Crippen LogP) is 2.91. The Morgan fingerprint density at radius 2 is 1.95 bits per heavy atom. The number of nitrogens with zero attached hydrogens (tertiary/aromatic N) is 2. The van der Waals surface area contributed by atoms with Crippen LogP contribution in [0.25, 0.3) is 0 Å². The van der Waals surface area contributed by atoms with Crippen molar-refractivity contribution in [2.24, 2.45) is 0 Å². The Bertz CT molecular complexity index is 555. The van der Waals surface area contributed by atoms with Crippen LogP contribution in [-0.4, -0.2) is 26.2 Å². The van der Waals surface area contributed by atoms with Crippen LogP contribution in [0.2, 0.25) is 0 Å². The molecule has 1 heterocycles. The summed E-state index contributed by atoms with van der Waals surface area (Å²) in [5.74, 6) is 0.945. The highest BCUT2D eigenvalue weighted by Gasteiger charge is 2.04. The molecule has 0 saturated carbocycles. The van der Waals surface area contributed by atoms with Crippen LogP contribution in [0.1, 0.15) is 11.1 Å². The van der Waals surface area contributed by atoms with E-state index in [-0.39, 0.29) is 0 Å². The van der Waals surface area contributed by atoms with Gasteiger partial charge in [0.25, 0.3) is 0 Å². The van der Waals surface area contributed by atoms with Crippen molar-refractivity contribution in [2.75, 3.05) is 31.4 Å². The normalized spacial score (nSPS) is 10.3. The third-order valence-electron chi connectivity index (χ3n) is 3.00. The van der Waals surface area contributed by atoms with E-state index in [1.54, 1.807) is 13.3 Å². The Labute approximate surface area is 120 Å². The third-order valence-corrected chi connectivity index (χ3v) is 3.00. The number of anilines is 2. The molecule has 0 atom stereocenters. The third kappa shape index (κ3) is 3.71. The molecule has 0 radical (unpaired) electrons. The highest BCUT2D eigenvalue weighted by atomic mass is 16.5. The fourth-order valence-electron chi connectivity index (χ4n) is 2.08. The summed E-state index contributed by atoms with van der Waals surface area (Å²) >= 11 is 0. The Kier molecular flexibility index (Phi) is 4.96. The van der Waals surface area contributed by atoms with Gasteiger partial charge in [-0.3, -0.25) is 0 Å². The second-order valence-corrected chi connectivity index (χ2v) is 4.88. The molecule has 0 bridgehead atoms. The molecule has 0 spiro atoms. The lowest BCUT2D eigenvalue weighted by Gasteiger charge is -2.17. The molecule has 0 fully saturated rings. The molecule has 4 heteroatoms. The molecule has 0 unspecified atom stereocenters. The molecule has 20 heavy (non-hydrogen) atoms. The summed E-state index contributed by atoms with van der Waals surface area (Å²) in [6, 6.07) is 12.4. The average molecular weight is 271 g/mol. The van der Waals surface area contributed by atoms with Crippen molar-refractivity contribution >= 4 is 11.5 Å². The van der Waals surface area contributed by atoms with Crippen molar-refractivity contribution in [3.8, 4) is 0 Å². The smallest absolute Gasteiger partial charge is 0.151 e. The molecule has 1 aromatic carbocycles. The van der Waals surface area contributed by atoms with Gasteiger partial charge in [-0.1, -0.05) is 24.3 Å². The van der Waals surface area contributed by atoms with Crippen molar-refractivity contribution in [1.29, 1.82) is 0 Å². The van der Waals surface area contributed by atoms with E-state index in [0.29, 0.717) is 6.61 Å². The SMILES string of the molecule is COCc1cccc(CNc2cccnc2N(C)C)c1. The van der Waals surface area contributed by atoms with Gasteiger partial charge in [-0.25, -0.2) is 4.98 Å². The quantitative estimate of drug-likeness (QED) is 0.876. The van der Waals surface area contributed by atoms with Crippen molar-refractivity contribution in [3.05, 3.63) is 53.7 Å². The number of nitrogens with one attached hydrogen (secondary N) is 1. The maximum absolute atomic E-state index is 5.16. The fraction of sp³-hybridized carbons (Fsp3) is 0.312. The molecule has 4 nitrogen and oxygen atoms in total. The maximum atomic E-state index is 5.16. The van der Waals surface area contributed by atoms with Crippen LogP contribution in [0.4, 0.5) is 11.5 Å². The van der Waals surface area contributed by atoms with E-state index in [4.69, 9.17) is 4.74 Å². The number of pyridine rings is 1. The lowest BCUT2D eigenvalue weighted by molar-refractivity contribution is 0.185. The lowest BCUT2D eigenvalue weighted by Crippen LogP contribution is -2.13. The van der Waals surface area contributed by atoms with Gasteiger partial charge < -0.3 is 15.0 Å². The number of rotatable bonds is 6. The standard InChI is InChI=1S/C16H21N3O/c1-19(2)16-15(8-5-9-17-16)18-11-13-6-4-7-14(10-13)12-20-3/h4-10,18H,11-12H2,1-3H3. The van der Waals surface area contributed by atoms with Gasteiger partial charge in [-0.15, -0.1) is 0 Å². The molecule has 2 aromatic rings. The molecule has 0 amide bonds. The van der Waals surface area contributed by atoms with Gasteiger partial charge in [0.1, 0.15) is 0 Å². The molecule has 1 N–H and O–H groups in total. The number of aromatic nitrogens is 1. The summed E-state index contributed by atoms with van der Waals surface area (Å²) in [6.45, 7) is 1.41. The van der Waals surface area contributed by atoms with Gasteiger partial charge in [0.15, 0.2) is 5.82 Å². The number of hydrogen-bond acceptors (Lipinski definition) is 4. The molecule has 2 rings (SSSR count). The Balaban J connectivity index is 2.07. The summed E-state index contributed by atoms with van der Waals surface area (Å²) in [4.78, 5) is 6.38. The van der Waals surface area contributed by atoms with E-state index in [1.807, 2.05) is 31.1 Å². The van der Waals surface area contributed by atoms with Crippen molar-refractivity contribution in [1.82, 2.24) is 4.98 Å². The largest absolute Gasteiger partial charge is 0.380 e. The van der Waals surface area contributed by atoms with Gasteiger partial charge in [0.05, 0.1) is 12.3 Å². The number of hydrogen-bond donors (Lipinski definition) is 1. The fourth-order valence-corrected chi connectivity index (χ4v) is 2.08. The molecule has 0 aliphatic heterocycles. The monoisotopic (exact) mass is 271 g/mol. The summed E-state index contributed by atoms with van der Waals surface area (Å²) in [5, 5.41) is 3.44. The summed E-state index contributed by atoms with van der Waals surface area (Å²) in [5.41, 5.74) is 3.45. The Morgan fingerprint density at radius 3 is 2.70 bits per heavy atom. The number of ether oxygens (including phenoxy) is 1. The van der Waals surface area contributed by atoms with E-state index in [1.165, 1.54) is 11.1 Å². The first-order valence-corrected chi connectivity index (χ1v) is 6.63. The van der Waals surface area contributed by atoms with Crippen molar-refractivity contribution in [2.45, 2.75) is 13.2 Å². The molecule has 1 aromatic heterocycles. The minimum absolute atomic E-state index is 0.643. The minimum Gasteiger partial charge on any atom is -0.380 e. The predicted molar refractivity (Wildman–Crippen MR) is 83.0 cm³/mol. The maximum Gasteiger partial charge on any atom is 0.151 e. The molecule has 0 saturated heterocycles. The van der Waals surface area contributed by atoms with Crippen LogP contribution in [-0.2, 0) is 17.9 Å². The minimum atomic E-state index is 0.643. The van der Waals surface area contributed by atoms with E-state index in [0.717, 1.165) is 18.1 Å². The summed E-state index contributed by atoms with van der Waals surface area (Å²) < 4.78 is 5.16. The van der Waals surface area contributed by atoms with Crippen LogP contribution in [0, 0.1) is 0 Å². The molecule has 0 aliphatic rings. The highest BCUT2D eigenvalue weighted by molar-refractivity contribution is 5.64. The second-order valence-electron chi connectivity index (χ2n) is 4.88. The van der Waals surface area contributed by atoms with Gasteiger partial charge in [0, 0.05) is 33.9 Å². The van der Waals surface area contributed by atoms with Gasteiger partial charge in [-0.05, 0) is 23.3 Å². The first-order valence-electron chi connectivity index (χ1n) is 6.63. The van der Waals surface area contributed by atoms with Gasteiger partial charge in [0.2, 0.25) is 0 Å².